The highest BCUT2D eigenvalue weighted by Gasteiger charge is 2.27. The van der Waals surface area contributed by atoms with Crippen molar-refractivity contribution in [2.45, 2.75) is 31.6 Å². The van der Waals surface area contributed by atoms with E-state index in [9.17, 15) is 13.6 Å². The SMILES string of the molecule is CC#CC(=O)N(C)c1cccc(Oc2ncc(C)cc2NSc2ccc(Cl)c(C(C)(F)F)c2)c1. The minimum absolute atomic E-state index is 0.00587. The molecule has 1 N–H and O–H groups in total. The normalized spacial score (nSPS) is 10.8. The highest BCUT2D eigenvalue weighted by molar-refractivity contribution is 8.00. The number of nitrogens with zero attached hydrogens (tertiary/aromatic N) is 2. The molecule has 0 aliphatic carbocycles. The van der Waals surface area contributed by atoms with E-state index in [0.29, 0.717) is 22.0 Å². The molecule has 0 radical (unpaired) electrons. The summed E-state index contributed by atoms with van der Waals surface area (Å²) in [6, 6.07) is 13.2. The molecule has 5 nitrogen and oxygen atoms in total. The Morgan fingerprint density at radius 1 is 1.24 bits per heavy atom. The van der Waals surface area contributed by atoms with Gasteiger partial charge in [0.15, 0.2) is 0 Å². The van der Waals surface area contributed by atoms with Gasteiger partial charge in [0.2, 0.25) is 5.88 Å². The quantitative estimate of drug-likeness (QED) is 0.277. The van der Waals surface area contributed by atoms with Crippen LogP contribution in [0.1, 0.15) is 25.0 Å². The van der Waals surface area contributed by atoms with Crippen molar-refractivity contribution in [3.63, 3.8) is 0 Å². The second-order valence-electron chi connectivity index (χ2n) is 7.44. The Morgan fingerprint density at radius 2 is 2.00 bits per heavy atom. The minimum Gasteiger partial charge on any atom is -0.437 e. The van der Waals surface area contributed by atoms with Gasteiger partial charge >= 0.3 is 5.91 Å². The molecule has 0 bridgehead atoms. The molecule has 9 heteroatoms. The van der Waals surface area contributed by atoms with Crippen LogP contribution >= 0.6 is 23.5 Å². The number of rotatable bonds is 7. The van der Waals surface area contributed by atoms with Crippen molar-refractivity contribution in [2.75, 3.05) is 16.7 Å². The molecule has 0 saturated heterocycles. The lowest BCUT2D eigenvalue weighted by molar-refractivity contribution is -0.113. The number of hydrogen-bond donors (Lipinski definition) is 1. The fraction of sp³-hybridized carbons (Fsp3) is 0.200. The van der Waals surface area contributed by atoms with Crippen LogP contribution in [-0.2, 0) is 10.7 Å². The lowest BCUT2D eigenvalue weighted by Gasteiger charge is -2.17. The summed E-state index contributed by atoms with van der Waals surface area (Å²) in [5.74, 6) is 2.43. The van der Waals surface area contributed by atoms with E-state index in [-0.39, 0.29) is 22.4 Å². The van der Waals surface area contributed by atoms with Crippen molar-refractivity contribution in [3.8, 4) is 23.5 Å². The van der Waals surface area contributed by atoms with Crippen molar-refractivity contribution in [1.82, 2.24) is 4.98 Å². The summed E-state index contributed by atoms with van der Waals surface area (Å²) < 4.78 is 36.7. The number of alkyl halides is 2. The first-order valence-electron chi connectivity index (χ1n) is 10.1. The van der Waals surface area contributed by atoms with E-state index in [0.717, 1.165) is 24.4 Å². The second-order valence-corrected chi connectivity index (χ2v) is 8.72. The third-order valence-corrected chi connectivity index (χ3v) is 5.77. The molecule has 0 saturated carbocycles. The lowest BCUT2D eigenvalue weighted by Crippen LogP contribution is -2.24. The minimum atomic E-state index is -3.06. The lowest BCUT2D eigenvalue weighted by atomic mass is 10.1. The molecule has 3 aromatic rings. The predicted molar refractivity (Wildman–Crippen MR) is 133 cm³/mol. The van der Waals surface area contributed by atoms with E-state index in [1.54, 1.807) is 50.5 Å². The van der Waals surface area contributed by atoms with Gasteiger partial charge in [0, 0.05) is 47.4 Å². The van der Waals surface area contributed by atoms with Gasteiger partial charge in [-0.15, -0.1) is 0 Å². The molecule has 0 spiro atoms. The summed E-state index contributed by atoms with van der Waals surface area (Å²) in [6.07, 6.45) is 1.65. The maximum atomic E-state index is 13.8. The van der Waals surface area contributed by atoms with Gasteiger partial charge in [0.05, 0.1) is 0 Å². The largest absolute Gasteiger partial charge is 0.437 e. The summed E-state index contributed by atoms with van der Waals surface area (Å²) in [6.45, 7) is 4.28. The second kappa shape index (κ2) is 10.8. The fourth-order valence-electron chi connectivity index (χ4n) is 2.90. The van der Waals surface area contributed by atoms with Crippen molar-refractivity contribution < 1.29 is 18.3 Å². The Labute approximate surface area is 206 Å². The number of amides is 1. The van der Waals surface area contributed by atoms with Gasteiger partial charge in [-0.25, -0.2) is 13.8 Å². The van der Waals surface area contributed by atoms with E-state index in [1.165, 1.54) is 17.0 Å². The third kappa shape index (κ3) is 6.40. The zero-order valence-corrected chi connectivity index (χ0v) is 20.5. The number of hydrogen-bond acceptors (Lipinski definition) is 5. The fourth-order valence-corrected chi connectivity index (χ4v) is 3.87. The summed E-state index contributed by atoms with van der Waals surface area (Å²) in [4.78, 5) is 18.4. The molecule has 0 atom stereocenters. The molecule has 0 unspecified atom stereocenters. The summed E-state index contributed by atoms with van der Waals surface area (Å²) in [7, 11) is 1.62. The summed E-state index contributed by atoms with van der Waals surface area (Å²) >= 11 is 7.07. The number of nitrogens with one attached hydrogen (secondary N) is 1. The van der Waals surface area contributed by atoms with Crippen LogP contribution in [0.5, 0.6) is 11.6 Å². The summed E-state index contributed by atoms with van der Waals surface area (Å²) in [5.41, 5.74) is 1.79. The van der Waals surface area contributed by atoms with Crippen LogP contribution in [-0.4, -0.2) is 17.9 Å². The predicted octanol–water partition coefficient (Wildman–Crippen LogP) is 7.05. The third-order valence-electron chi connectivity index (χ3n) is 4.63. The molecule has 1 heterocycles. The first kappa shape index (κ1) is 25.3. The van der Waals surface area contributed by atoms with Crippen molar-refractivity contribution >= 4 is 40.8 Å². The van der Waals surface area contributed by atoms with Crippen LogP contribution in [0.4, 0.5) is 20.2 Å². The van der Waals surface area contributed by atoms with E-state index in [1.807, 2.05) is 13.0 Å². The molecule has 2 aromatic carbocycles. The van der Waals surface area contributed by atoms with Crippen LogP contribution in [0.3, 0.4) is 0 Å². The monoisotopic (exact) mass is 501 g/mol. The van der Waals surface area contributed by atoms with Gasteiger partial charge < -0.3 is 14.4 Å². The average Bonchev–Trinajstić information content (AvgIpc) is 2.79. The number of aryl methyl sites for hydroxylation is 1. The first-order valence-corrected chi connectivity index (χ1v) is 11.3. The zero-order chi connectivity index (χ0) is 24.9. The number of pyridine rings is 1. The molecule has 176 valence electrons. The van der Waals surface area contributed by atoms with Crippen LogP contribution in [0.15, 0.2) is 59.6 Å². The van der Waals surface area contributed by atoms with Crippen LogP contribution in [0.2, 0.25) is 5.02 Å². The van der Waals surface area contributed by atoms with Crippen LogP contribution in [0, 0.1) is 18.8 Å². The zero-order valence-electron chi connectivity index (χ0n) is 18.9. The van der Waals surface area contributed by atoms with Crippen molar-refractivity contribution in [3.05, 3.63) is 70.9 Å². The molecular weight excluding hydrogens is 480 g/mol. The maximum Gasteiger partial charge on any atom is 0.302 e. The Balaban J connectivity index is 1.82. The van der Waals surface area contributed by atoms with E-state index >= 15 is 0 Å². The molecular formula is C25H22ClF2N3O2S. The van der Waals surface area contributed by atoms with Gasteiger partial charge in [0.25, 0.3) is 5.92 Å². The standard InChI is InChI=1S/C25H22ClF2N3O2S/c1-5-7-23(32)31(4)17-8-6-9-18(13-17)33-24-22(12-16(2)15-29-24)30-34-19-10-11-21(26)20(14-19)25(3,27)28/h6,8-15,30H,1-4H3. The van der Waals surface area contributed by atoms with E-state index in [2.05, 4.69) is 21.5 Å². The number of ether oxygens (including phenoxy) is 1. The molecule has 0 aliphatic heterocycles. The van der Waals surface area contributed by atoms with Crippen LogP contribution < -0.4 is 14.4 Å². The maximum absolute atomic E-state index is 13.8. The smallest absolute Gasteiger partial charge is 0.302 e. The van der Waals surface area contributed by atoms with Gasteiger partial charge in [-0.3, -0.25) is 4.79 Å². The number of carbonyl (C=O) groups is 1. The van der Waals surface area contributed by atoms with Gasteiger partial charge in [-0.1, -0.05) is 23.6 Å². The molecule has 34 heavy (non-hydrogen) atoms. The number of halogens is 3. The average molecular weight is 502 g/mol. The molecule has 0 aliphatic rings. The topological polar surface area (TPSA) is 54.5 Å². The van der Waals surface area contributed by atoms with Crippen molar-refractivity contribution in [2.24, 2.45) is 0 Å². The number of benzene rings is 2. The first-order chi connectivity index (χ1) is 16.1. The Hall–Kier alpha value is -3.28. The summed E-state index contributed by atoms with van der Waals surface area (Å²) in [5, 5.41) is 0.00587. The number of anilines is 2. The van der Waals surface area contributed by atoms with Crippen LogP contribution in [0.25, 0.3) is 0 Å². The highest BCUT2D eigenvalue weighted by Crippen LogP contribution is 2.37. The molecule has 1 amide bonds. The Bertz CT molecular complexity index is 1270. The molecule has 1 aromatic heterocycles. The number of aromatic nitrogens is 1. The number of carbonyl (C=O) groups excluding carboxylic acids is 1. The Kier molecular flexibility index (Phi) is 8.02. The van der Waals surface area contributed by atoms with E-state index in [4.69, 9.17) is 16.3 Å². The van der Waals surface area contributed by atoms with E-state index < -0.39 is 5.92 Å². The van der Waals surface area contributed by atoms with Gasteiger partial charge in [0.1, 0.15) is 11.4 Å². The van der Waals surface area contributed by atoms with Gasteiger partial charge in [-0.05, 0) is 73.7 Å². The van der Waals surface area contributed by atoms with Crippen molar-refractivity contribution in [1.29, 1.82) is 0 Å². The molecule has 3 rings (SSSR count). The Morgan fingerprint density at radius 3 is 2.71 bits per heavy atom. The molecule has 0 fully saturated rings. The van der Waals surface area contributed by atoms with Gasteiger partial charge in [-0.2, -0.15) is 0 Å². The highest BCUT2D eigenvalue weighted by atomic mass is 35.5.